The average molecular weight is 319 g/mol. The van der Waals surface area contributed by atoms with E-state index in [1.165, 1.54) is 5.56 Å². The molecule has 5 heteroatoms. The van der Waals surface area contributed by atoms with E-state index < -0.39 is 0 Å². The van der Waals surface area contributed by atoms with Gasteiger partial charge in [-0.05, 0) is 17.7 Å². The number of amidine groups is 1. The number of aliphatic imine (C=N–C) groups is 1. The van der Waals surface area contributed by atoms with Crippen LogP contribution in [0.1, 0.15) is 10.8 Å². The number of hydrogen-bond acceptors (Lipinski definition) is 4. The van der Waals surface area contributed by atoms with Crippen molar-refractivity contribution >= 4 is 34.2 Å². The lowest BCUT2D eigenvalue weighted by Gasteiger charge is -2.10. The molecule has 0 bridgehead atoms. The second kappa shape index (κ2) is 6.41. The van der Waals surface area contributed by atoms with Gasteiger partial charge in [0.2, 0.25) is 0 Å². The highest BCUT2D eigenvalue weighted by Gasteiger charge is 2.21. The zero-order valence-electron chi connectivity index (χ0n) is 11.5. The molecule has 0 spiro atoms. The first-order valence-corrected chi connectivity index (χ1v) is 7.88. The molecule has 0 aliphatic carbocycles. The second-order valence-electron chi connectivity index (χ2n) is 4.64. The van der Waals surface area contributed by atoms with E-state index in [-0.39, 0.29) is 0 Å². The summed E-state index contributed by atoms with van der Waals surface area (Å²) >= 11 is 7.77. The molecule has 108 valence electrons. The largest absolute Gasteiger partial charge is 0.495 e. The van der Waals surface area contributed by atoms with Gasteiger partial charge < -0.3 is 10.1 Å². The summed E-state index contributed by atoms with van der Waals surface area (Å²) in [5.74, 6) is 0.657. The Balaban J connectivity index is 1.67. The molecular weight excluding hydrogens is 304 g/mol. The number of halogens is 1. The van der Waals surface area contributed by atoms with Gasteiger partial charge in [0.05, 0.1) is 23.9 Å². The summed E-state index contributed by atoms with van der Waals surface area (Å²) in [5, 5.41) is 5.22. The van der Waals surface area contributed by atoms with Crippen LogP contribution in [0.4, 0.5) is 5.69 Å². The van der Waals surface area contributed by atoms with Crippen LogP contribution in [0, 0.1) is 0 Å². The Morgan fingerprint density at radius 3 is 2.81 bits per heavy atom. The van der Waals surface area contributed by atoms with Crippen molar-refractivity contribution in [3.8, 4) is 5.75 Å². The molecule has 1 unspecified atom stereocenters. The standard InChI is InChI=1S/C16H15ClN2OS/c1-20-14-9-12(7-8-13(14)17)19-16-18-10-15(21-16)11-5-3-2-4-6-11/h2-9,15H,10H2,1H3,(H,18,19). The first-order valence-electron chi connectivity index (χ1n) is 6.63. The summed E-state index contributed by atoms with van der Waals surface area (Å²) in [4.78, 5) is 4.56. The molecule has 0 amide bonds. The zero-order chi connectivity index (χ0) is 14.7. The van der Waals surface area contributed by atoms with Gasteiger partial charge in [-0.2, -0.15) is 0 Å². The molecular formula is C16H15ClN2OS. The highest BCUT2D eigenvalue weighted by Crippen LogP contribution is 2.36. The van der Waals surface area contributed by atoms with Crippen LogP contribution in [0.3, 0.4) is 0 Å². The maximum atomic E-state index is 6.03. The fraction of sp³-hybridized carbons (Fsp3) is 0.188. The summed E-state index contributed by atoms with van der Waals surface area (Å²) in [7, 11) is 1.61. The van der Waals surface area contributed by atoms with Crippen LogP contribution in [0.25, 0.3) is 0 Å². The Hall–Kier alpha value is -1.65. The Kier molecular flexibility index (Phi) is 4.36. The number of rotatable bonds is 3. The molecule has 0 aromatic heterocycles. The van der Waals surface area contributed by atoms with E-state index >= 15 is 0 Å². The quantitative estimate of drug-likeness (QED) is 0.897. The molecule has 1 aliphatic rings. The van der Waals surface area contributed by atoms with Crippen LogP contribution in [0.2, 0.25) is 5.02 Å². The monoisotopic (exact) mass is 318 g/mol. The van der Waals surface area contributed by atoms with Gasteiger partial charge in [-0.25, -0.2) is 0 Å². The zero-order valence-corrected chi connectivity index (χ0v) is 13.1. The molecule has 3 rings (SSSR count). The predicted octanol–water partition coefficient (Wildman–Crippen LogP) is 4.60. The van der Waals surface area contributed by atoms with E-state index in [0.29, 0.717) is 16.0 Å². The van der Waals surface area contributed by atoms with Gasteiger partial charge in [-0.15, -0.1) is 0 Å². The van der Waals surface area contributed by atoms with E-state index in [9.17, 15) is 0 Å². The number of hydrogen-bond donors (Lipinski definition) is 1. The topological polar surface area (TPSA) is 33.6 Å². The molecule has 0 saturated heterocycles. The molecule has 1 N–H and O–H groups in total. The molecule has 2 aromatic carbocycles. The smallest absolute Gasteiger partial charge is 0.161 e. The summed E-state index contributed by atoms with van der Waals surface area (Å²) in [6.45, 7) is 0.793. The van der Waals surface area contributed by atoms with Gasteiger partial charge in [-0.3, -0.25) is 4.99 Å². The predicted molar refractivity (Wildman–Crippen MR) is 90.7 cm³/mol. The molecule has 0 saturated carbocycles. The molecule has 3 nitrogen and oxygen atoms in total. The van der Waals surface area contributed by atoms with Crippen LogP contribution < -0.4 is 10.1 Å². The number of ether oxygens (including phenoxy) is 1. The summed E-state index contributed by atoms with van der Waals surface area (Å²) in [6.07, 6.45) is 0. The third kappa shape index (κ3) is 3.34. The van der Waals surface area contributed by atoms with Crippen molar-refractivity contribution in [3.05, 3.63) is 59.1 Å². The van der Waals surface area contributed by atoms with Gasteiger partial charge >= 0.3 is 0 Å². The number of methoxy groups -OCH3 is 1. The average Bonchev–Trinajstić information content (AvgIpc) is 2.98. The van der Waals surface area contributed by atoms with E-state index in [4.69, 9.17) is 16.3 Å². The van der Waals surface area contributed by atoms with E-state index in [1.54, 1.807) is 18.9 Å². The van der Waals surface area contributed by atoms with Crippen molar-refractivity contribution in [1.29, 1.82) is 0 Å². The van der Waals surface area contributed by atoms with Crippen molar-refractivity contribution in [2.24, 2.45) is 4.99 Å². The Morgan fingerprint density at radius 2 is 2.05 bits per heavy atom. The van der Waals surface area contributed by atoms with Crippen LogP contribution in [0.15, 0.2) is 53.5 Å². The number of nitrogens with one attached hydrogen (secondary N) is 1. The first kappa shape index (κ1) is 14.3. The van der Waals surface area contributed by atoms with Crippen molar-refractivity contribution in [1.82, 2.24) is 0 Å². The first-order chi connectivity index (χ1) is 10.3. The Morgan fingerprint density at radius 1 is 1.24 bits per heavy atom. The maximum absolute atomic E-state index is 6.03. The van der Waals surface area contributed by atoms with Crippen LogP contribution in [-0.4, -0.2) is 18.8 Å². The van der Waals surface area contributed by atoms with E-state index in [2.05, 4.69) is 34.6 Å². The van der Waals surface area contributed by atoms with E-state index in [1.807, 2.05) is 24.3 Å². The minimum atomic E-state index is 0.378. The van der Waals surface area contributed by atoms with Gasteiger partial charge in [0.15, 0.2) is 5.17 Å². The van der Waals surface area contributed by atoms with Crippen molar-refractivity contribution in [2.45, 2.75) is 5.25 Å². The fourth-order valence-electron chi connectivity index (χ4n) is 2.15. The minimum absolute atomic E-state index is 0.378. The molecule has 2 aromatic rings. The third-order valence-corrected chi connectivity index (χ3v) is 4.70. The highest BCUT2D eigenvalue weighted by molar-refractivity contribution is 8.14. The normalized spacial score (nSPS) is 17.4. The molecule has 21 heavy (non-hydrogen) atoms. The SMILES string of the molecule is COc1cc(NC2=NCC(c3ccccc3)S2)ccc1Cl. The summed E-state index contributed by atoms with van der Waals surface area (Å²) in [5.41, 5.74) is 2.23. The third-order valence-electron chi connectivity index (χ3n) is 3.23. The van der Waals surface area contributed by atoms with E-state index in [0.717, 1.165) is 17.4 Å². The molecule has 1 aliphatic heterocycles. The van der Waals surface area contributed by atoms with Crippen LogP contribution in [0.5, 0.6) is 5.75 Å². The number of nitrogens with zero attached hydrogens (tertiary/aromatic N) is 1. The molecule has 1 heterocycles. The molecule has 0 radical (unpaired) electrons. The number of anilines is 1. The number of benzene rings is 2. The number of thioether (sulfide) groups is 1. The Labute approximate surface area is 133 Å². The lowest BCUT2D eigenvalue weighted by molar-refractivity contribution is 0.415. The second-order valence-corrected chi connectivity index (χ2v) is 6.24. The lowest BCUT2D eigenvalue weighted by Crippen LogP contribution is -2.05. The Bertz CT molecular complexity index is 661. The van der Waals surface area contributed by atoms with Crippen molar-refractivity contribution in [2.75, 3.05) is 19.0 Å². The van der Waals surface area contributed by atoms with Crippen LogP contribution in [-0.2, 0) is 0 Å². The minimum Gasteiger partial charge on any atom is -0.495 e. The van der Waals surface area contributed by atoms with Gasteiger partial charge in [0, 0.05) is 11.8 Å². The molecule has 1 atom stereocenters. The van der Waals surface area contributed by atoms with Crippen molar-refractivity contribution in [3.63, 3.8) is 0 Å². The fourth-order valence-corrected chi connectivity index (χ4v) is 3.38. The highest BCUT2D eigenvalue weighted by atomic mass is 35.5. The van der Waals surface area contributed by atoms with Crippen LogP contribution >= 0.6 is 23.4 Å². The van der Waals surface area contributed by atoms with Crippen molar-refractivity contribution < 1.29 is 4.74 Å². The summed E-state index contributed by atoms with van der Waals surface area (Å²) < 4.78 is 5.22. The van der Waals surface area contributed by atoms with Gasteiger partial charge in [0.1, 0.15) is 5.75 Å². The lowest BCUT2D eigenvalue weighted by atomic mass is 10.1. The summed E-state index contributed by atoms with van der Waals surface area (Å²) in [6, 6.07) is 16.0. The molecule has 0 fully saturated rings. The van der Waals surface area contributed by atoms with Gasteiger partial charge in [0.25, 0.3) is 0 Å². The maximum Gasteiger partial charge on any atom is 0.161 e. The van der Waals surface area contributed by atoms with Gasteiger partial charge in [-0.1, -0.05) is 53.7 Å².